The van der Waals surface area contributed by atoms with Crippen molar-refractivity contribution in [3.05, 3.63) is 29.8 Å². The first kappa shape index (κ1) is 14.4. The van der Waals surface area contributed by atoms with E-state index in [0.717, 1.165) is 5.69 Å². The van der Waals surface area contributed by atoms with Gasteiger partial charge in [0.2, 0.25) is 0 Å². The summed E-state index contributed by atoms with van der Waals surface area (Å²) in [6, 6.07) is 6.86. The van der Waals surface area contributed by atoms with Crippen molar-refractivity contribution in [1.82, 2.24) is 5.32 Å². The number of carbonyl (C=O) groups is 1. The molecule has 1 amide bonds. The summed E-state index contributed by atoms with van der Waals surface area (Å²) in [5.74, 6) is 5.09. The van der Waals surface area contributed by atoms with Crippen molar-refractivity contribution in [3.63, 3.8) is 0 Å². The first-order valence-electron chi connectivity index (χ1n) is 5.58. The van der Waals surface area contributed by atoms with Crippen LogP contribution in [0.2, 0.25) is 0 Å². The zero-order valence-corrected chi connectivity index (χ0v) is 10.6. The molecule has 0 bridgehead atoms. The smallest absolute Gasteiger partial charge is 0.251 e. The van der Waals surface area contributed by atoms with Gasteiger partial charge in [0.1, 0.15) is 0 Å². The molecule has 1 aromatic carbocycles. The summed E-state index contributed by atoms with van der Waals surface area (Å²) in [6.07, 6.45) is -0.149. The zero-order chi connectivity index (χ0) is 13.4. The zero-order valence-electron chi connectivity index (χ0n) is 10.6. The van der Waals surface area contributed by atoms with Gasteiger partial charge in [-0.3, -0.25) is 10.6 Å². The molecule has 0 aliphatic rings. The van der Waals surface area contributed by atoms with Crippen LogP contribution >= 0.6 is 0 Å². The van der Waals surface area contributed by atoms with E-state index in [4.69, 9.17) is 15.3 Å². The number of rotatable bonds is 7. The van der Waals surface area contributed by atoms with E-state index in [1.807, 2.05) is 0 Å². The van der Waals surface area contributed by atoms with Crippen LogP contribution < -0.4 is 16.6 Å². The van der Waals surface area contributed by atoms with Gasteiger partial charge in [0.25, 0.3) is 5.91 Å². The van der Waals surface area contributed by atoms with E-state index >= 15 is 0 Å². The Labute approximate surface area is 106 Å². The Kier molecular flexibility index (Phi) is 6.13. The lowest BCUT2D eigenvalue weighted by Crippen LogP contribution is -2.35. The van der Waals surface area contributed by atoms with Gasteiger partial charge in [-0.05, 0) is 24.3 Å². The first-order valence-corrected chi connectivity index (χ1v) is 5.58. The summed E-state index contributed by atoms with van der Waals surface area (Å²) >= 11 is 0. The van der Waals surface area contributed by atoms with Crippen LogP contribution in [0.1, 0.15) is 10.4 Å². The van der Waals surface area contributed by atoms with Crippen molar-refractivity contribution < 1.29 is 14.3 Å². The summed E-state index contributed by atoms with van der Waals surface area (Å²) in [7, 11) is 3.17. The Morgan fingerprint density at radius 3 is 2.50 bits per heavy atom. The quantitative estimate of drug-likeness (QED) is 0.482. The molecule has 6 nitrogen and oxygen atoms in total. The van der Waals surface area contributed by atoms with Crippen molar-refractivity contribution in [1.29, 1.82) is 0 Å². The van der Waals surface area contributed by atoms with Crippen LogP contribution in [0.25, 0.3) is 0 Å². The molecule has 0 aliphatic carbocycles. The highest BCUT2D eigenvalue weighted by Gasteiger charge is 2.10. The predicted molar refractivity (Wildman–Crippen MR) is 69.3 cm³/mol. The van der Waals surface area contributed by atoms with E-state index in [-0.39, 0.29) is 12.0 Å². The van der Waals surface area contributed by atoms with E-state index in [2.05, 4.69) is 10.7 Å². The van der Waals surface area contributed by atoms with Crippen molar-refractivity contribution in [2.75, 3.05) is 32.8 Å². The molecule has 100 valence electrons. The molecule has 0 heterocycles. The third-order valence-corrected chi connectivity index (χ3v) is 2.49. The van der Waals surface area contributed by atoms with Crippen LogP contribution in [0, 0.1) is 0 Å². The molecule has 1 rings (SSSR count). The number of benzene rings is 1. The molecule has 6 heteroatoms. The normalized spacial score (nSPS) is 11.9. The monoisotopic (exact) mass is 253 g/mol. The Morgan fingerprint density at radius 1 is 1.33 bits per heavy atom. The molecule has 0 aliphatic heterocycles. The second-order valence-electron chi connectivity index (χ2n) is 3.74. The van der Waals surface area contributed by atoms with E-state index in [1.165, 1.54) is 0 Å². The van der Waals surface area contributed by atoms with Gasteiger partial charge in [0, 0.05) is 32.0 Å². The molecule has 1 aromatic rings. The van der Waals surface area contributed by atoms with Crippen LogP contribution in [0.3, 0.4) is 0 Å². The molecule has 0 spiro atoms. The first-order chi connectivity index (χ1) is 8.71. The van der Waals surface area contributed by atoms with Gasteiger partial charge in [-0.25, -0.2) is 0 Å². The van der Waals surface area contributed by atoms with Gasteiger partial charge in [0.15, 0.2) is 0 Å². The molecular weight excluding hydrogens is 234 g/mol. The molecular formula is C12H19N3O3. The Hall–Kier alpha value is -1.63. The maximum absolute atomic E-state index is 11.8. The van der Waals surface area contributed by atoms with Gasteiger partial charge < -0.3 is 20.2 Å². The average Bonchev–Trinajstić information content (AvgIpc) is 2.43. The molecule has 1 atom stereocenters. The number of methoxy groups -OCH3 is 2. The molecule has 1 unspecified atom stereocenters. The number of hydrogen-bond donors (Lipinski definition) is 3. The fourth-order valence-electron chi connectivity index (χ4n) is 1.42. The molecule has 0 saturated carbocycles. The molecule has 0 fully saturated rings. The predicted octanol–water partition coefficient (Wildman–Crippen LogP) is 0.363. The fourth-order valence-corrected chi connectivity index (χ4v) is 1.42. The summed E-state index contributed by atoms with van der Waals surface area (Å²) in [4.78, 5) is 11.8. The van der Waals surface area contributed by atoms with Crippen molar-refractivity contribution in [2.24, 2.45) is 5.84 Å². The Balaban J connectivity index is 2.48. The molecule has 0 radical (unpaired) electrons. The second-order valence-corrected chi connectivity index (χ2v) is 3.74. The maximum Gasteiger partial charge on any atom is 0.251 e. The highest BCUT2D eigenvalue weighted by molar-refractivity contribution is 5.94. The van der Waals surface area contributed by atoms with E-state index in [1.54, 1.807) is 38.5 Å². The van der Waals surface area contributed by atoms with Crippen molar-refractivity contribution >= 4 is 11.6 Å². The number of hydrazine groups is 1. The minimum atomic E-state index is -0.156. The summed E-state index contributed by atoms with van der Waals surface area (Å²) in [5, 5.41) is 2.78. The van der Waals surface area contributed by atoms with Crippen LogP contribution in [0.4, 0.5) is 5.69 Å². The van der Waals surface area contributed by atoms with Crippen LogP contribution in [0.15, 0.2) is 24.3 Å². The largest absolute Gasteiger partial charge is 0.382 e. The molecule has 0 aromatic heterocycles. The summed E-state index contributed by atoms with van der Waals surface area (Å²) < 4.78 is 10.1. The SMILES string of the molecule is COCC(CNC(=O)c1ccc(NN)cc1)OC. The lowest BCUT2D eigenvalue weighted by atomic mass is 10.2. The maximum atomic E-state index is 11.8. The van der Waals surface area contributed by atoms with Crippen LogP contribution in [-0.4, -0.2) is 39.4 Å². The number of nitrogens with one attached hydrogen (secondary N) is 2. The van der Waals surface area contributed by atoms with Gasteiger partial charge in [-0.15, -0.1) is 0 Å². The van der Waals surface area contributed by atoms with Crippen LogP contribution in [0.5, 0.6) is 0 Å². The summed E-state index contributed by atoms with van der Waals surface area (Å²) in [6.45, 7) is 0.840. The minimum Gasteiger partial charge on any atom is -0.382 e. The Bertz CT molecular complexity index is 367. The molecule has 4 N–H and O–H groups in total. The lowest BCUT2D eigenvalue weighted by Gasteiger charge is -2.15. The molecule has 18 heavy (non-hydrogen) atoms. The number of nitrogens with two attached hydrogens (primary N) is 1. The third-order valence-electron chi connectivity index (χ3n) is 2.49. The fraction of sp³-hybridized carbons (Fsp3) is 0.417. The topological polar surface area (TPSA) is 85.6 Å². The van der Waals surface area contributed by atoms with E-state index < -0.39 is 0 Å². The van der Waals surface area contributed by atoms with Gasteiger partial charge in [-0.1, -0.05) is 0 Å². The standard InChI is InChI=1S/C12H19N3O3/c1-17-8-11(18-2)7-14-12(16)9-3-5-10(15-13)6-4-9/h3-6,11,15H,7-8,13H2,1-2H3,(H,14,16). The van der Waals surface area contributed by atoms with Gasteiger partial charge >= 0.3 is 0 Å². The van der Waals surface area contributed by atoms with Gasteiger partial charge in [-0.2, -0.15) is 0 Å². The lowest BCUT2D eigenvalue weighted by molar-refractivity contribution is 0.0285. The van der Waals surface area contributed by atoms with Gasteiger partial charge in [0.05, 0.1) is 12.7 Å². The van der Waals surface area contributed by atoms with E-state index in [0.29, 0.717) is 18.7 Å². The highest BCUT2D eigenvalue weighted by Crippen LogP contribution is 2.07. The number of carbonyl (C=O) groups excluding carboxylic acids is 1. The molecule has 0 saturated heterocycles. The van der Waals surface area contributed by atoms with E-state index in [9.17, 15) is 4.79 Å². The number of amides is 1. The minimum absolute atomic E-state index is 0.149. The summed E-state index contributed by atoms with van der Waals surface area (Å²) in [5.41, 5.74) is 3.82. The van der Waals surface area contributed by atoms with Crippen molar-refractivity contribution in [2.45, 2.75) is 6.10 Å². The van der Waals surface area contributed by atoms with Crippen molar-refractivity contribution in [3.8, 4) is 0 Å². The van der Waals surface area contributed by atoms with Crippen LogP contribution in [-0.2, 0) is 9.47 Å². The highest BCUT2D eigenvalue weighted by atomic mass is 16.5. The number of nitrogen functional groups attached to an aromatic ring is 1. The Morgan fingerprint density at radius 2 is 2.00 bits per heavy atom. The number of hydrogen-bond acceptors (Lipinski definition) is 5. The third kappa shape index (κ3) is 4.33. The second kappa shape index (κ2) is 7.65. The average molecular weight is 253 g/mol. The number of ether oxygens (including phenoxy) is 2. The number of anilines is 1.